The standard InChI is InChI=1S/C22H29N3O/c1-13(2)11-15-19(22(15,4)5)21(26)25-10-6-7-18(25)20-23-16-9-8-14(3)12-17(16)24-20/h8-9,11-12,15,18-19H,6-7,10H2,1-5H3,(H,23,24)/t15-,18+,19+/m1/s1. The van der Waals surface area contributed by atoms with Crippen LogP contribution in [-0.2, 0) is 4.79 Å². The first kappa shape index (κ1) is 17.3. The average molecular weight is 351 g/mol. The van der Waals surface area contributed by atoms with Gasteiger partial charge in [-0.15, -0.1) is 0 Å². The highest BCUT2D eigenvalue weighted by Gasteiger charge is 2.62. The molecule has 26 heavy (non-hydrogen) atoms. The molecule has 2 aliphatic rings. The van der Waals surface area contributed by atoms with Crippen LogP contribution in [0.2, 0.25) is 0 Å². The molecule has 0 bridgehead atoms. The summed E-state index contributed by atoms with van der Waals surface area (Å²) in [7, 11) is 0. The number of likely N-dealkylation sites (tertiary alicyclic amines) is 1. The van der Waals surface area contributed by atoms with Gasteiger partial charge in [0.25, 0.3) is 0 Å². The maximum atomic E-state index is 13.3. The van der Waals surface area contributed by atoms with Gasteiger partial charge in [0.15, 0.2) is 0 Å². The molecule has 2 aromatic rings. The van der Waals surface area contributed by atoms with Gasteiger partial charge in [0.05, 0.1) is 23.0 Å². The quantitative estimate of drug-likeness (QED) is 0.810. The van der Waals surface area contributed by atoms with Gasteiger partial charge in [0, 0.05) is 6.54 Å². The second-order valence-corrected chi connectivity index (χ2v) is 8.90. The topological polar surface area (TPSA) is 49.0 Å². The first-order valence-electron chi connectivity index (χ1n) is 9.71. The summed E-state index contributed by atoms with van der Waals surface area (Å²) in [4.78, 5) is 23.7. The van der Waals surface area contributed by atoms with E-state index in [2.05, 4.69) is 68.8 Å². The van der Waals surface area contributed by atoms with E-state index < -0.39 is 0 Å². The molecule has 4 heteroatoms. The lowest BCUT2D eigenvalue weighted by Gasteiger charge is -2.24. The Hall–Kier alpha value is -2.10. The minimum atomic E-state index is 0.0620. The van der Waals surface area contributed by atoms with E-state index in [9.17, 15) is 4.79 Å². The molecule has 0 radical (unpaired) electrons. The lowest BCUT2D eigenvalue weighted by molar-refractivity contribution is -0.134. The fourth-order valence-corrected chi connectivity index (χ4v) is 4.61. The van der Waals surface area contributed by atoms with Crippen LogP contribution in [0.5, 0.6) is 0 Å². The van der Waals surface area contributed by atoms with Gasteiger partial charge in [-0.2, -0.15) is 0 Å². The number of rotatable bonds is 3. The van der Waals surface area contributed by atoms with Crippen molar-refractivity contribution in [1.82, 2.24) is 14.9 Å². The monoisotopic (exact) mass is 351 g/mol. The zero-order valence-electron chi connectivity index (χ0n) is 16.5. The number of hydrogen-bond donors (Lipinski definition) is 1. The van der Waals surface area contributed by atoms with E-state index in [-0.39, 0.29) is 17.4 Å². The van der Waals surface area contributed by atoms with Crippen molar-refractivity contribution in [3.8, 4) is 0 Å². The number of H-pyrrole nitrogens is 1. The number of amides is 1. The van der Waals surface area contributed by atoms with E-state index >= 15 is 0 Å². The lowest BCUT2D eigenvalue weighted by atomic mass is 10.1. The Labute approximate surface area is 155 Å². The van der Waals surface area contributed by atoms with Gasteiger partial charge < -0.3 is 9.88 Å². The third-order valence-electron chi connectivity index (χ3n) is 6.20. The number of aryl methyl sites for hydroxylation is 1. The number of aromatic nitrogens is 2. The number of fused-ring (bicyclic) bond motifs is 1. The molecule has 1 aromatic heterocycles. The first-order valence-corrected chi connectivity index (χ1v) is 9.71. The van der Waals surface area contributed by atoms with Crippen molar-refractivity contribution in [1.29, 1.82) is 0 Å². The number of hydrogen-bond acceptors (Lipinski definition) is 2. The van der Waals surface area contributed by atoms with Crippen LogP contribution in [0.25, 0.3) is 11.0 Å². The zero-order chi connectivity index (χ0) is 18.6. The molecule has 138 valence electrons. The van der Waals surface area contributed by atoms with Crippen molar-refractivity contribution in [2.45, 2.75) is 53.5 Å². The predicted molar refractivity (Wildman–Crippen MR) is 105 cm³/mol. The van der Waals surface area contributed by atoms with Crippen LogP contribution in [0.3, 0.4) is 0 Å². The maximum Gasteiger partial charge on any atom is 0.227 e. The Bertz CT molecular complexity index is 888. The molecule has 1 aliphatic heterocycles. The number of carbonyl (C=O) groups is 1. The van der Waals surface area contributed by atoms with Crippen LogP contribution in [0.1, 0.15) is 58.0 Å². The van der Waals surface area contributed by atoms with Gasteiger partial charge in [-0.05, 0) is 62.6 Å². The molecular formula is C22H29N3O. The van der Waals surface area contributed by atoms with Crippen molar-refractivity contribution in [2.75, 3.05) is 6.54 Å². The lowest BCUT2D eigenvalue weighted by Crippen LogP contribution is -2.33. The molecule has 0 spiro atoms. The summed E-state index contributed by atoms with van der Waals surface area (Å²) in [5.41, 5.74) is 4.62. The van der Waals surface area contributed by atoms with Crippen LogP contribution < -0.4 is 0 Å². The Balaban J connectivity index is 1.60. The highest BCUT2D eigenvalue weighted by atomic mass is 16.2. The molecule has 1 saturated carbocycles. The zero-order valence-corrected chi connectivity index (χ0v) is 16.5. The third kappa shape index (κ3) is 2.76. The van der Waals surface area contributed by atoms with Crippen molar-refractivity contribution in [3.63, 3.8) is 0 Å². The van der Waals surface area contributed by atoms with E-state index in [4.69, 9.17) is 4.98 Å². The molecule has 4 rings (SSSR count). The molecule has 1 amide bonds. The fourth-order valence-electron chi connectivity index (χ4n) is 4.61. The number of carbonyl (C=O) groups excluding carboxylic acids is 1. The Morgan fingerprint density at radius 3 is 2.85 bits per heavy atom. The van der Waals surface area contributed by atoms with Gasteiger partial charge in [-0.1, -0.05) is 31.6 Å². The average Bonchev–Trinajstić information content (AvgIpc) is 2.97. The van der Waals surface area contributed by atoms with E-state index in [1.54, 1.807) is 0 Å². The molecule has 2 fully saturated rings. The highest BCUT2D eigenvalue weighted by Crippen LogP contribution is 2.60. The number of imidazole rings is 1. The van der Waals surface area contributed by atoms with Crippen molar-refractivity contribution in [3.05, 3.63) is 41.2 Å². The van der Waals surface area contributed by atoms with Crippen molar-refractivity contribution >= 4 is 16.9 Å². The summed E-state index contributed by atoms with van der Waals surface area (Å²) in [6, 6.07) is 6.35. The van der Waals surface area contributed by atoms with E-state index in [0.717, 1.165) is 36.2 Å². The molecule has 1 N–H and O–H groups in total. The minimum absolute atomic E-state index is 0.0620. The van der Waals surface area contributed by atoms with Crippen LogP contribution in [0.4, 0.5) is 0 Å². The summed E-state index contributed by atoms with van der Waals surface area (Å²) in [6.45, 7) is 11.6. The van der Waals surface area contributed by atoms with Crippen LogP contribution >= 0.6 is 0 Å². The minimum Gasteiger partial charge on any atom is -0.340 e. The molecule has 0 unspecified atom stereocenters. The summed E-state index contributed by atoms with van der Waals surface area (Å²) in [5.74, 6) is 1.70. The first-order chi connectivity index (χ1) is 12.3. The van der Waals surface area contributed by atoms with Crippen molar-refractivity contribution < 1.29 is 4.79 Å². The SMILES string of the molecule is CC(C)=C[C@@H]1[C@@H](C(=O)N2CCC[C@H]2c2nc3ccc(C)cc3[nH]2)C1(C)C. The van der Waals surface area contributed by atoms with Gasteiger partial charge in [0.2, 0.25) is 5.91 Å². The normalized spacial score (nSPS) is 27.0. The summed E-state index contributed by atoms with van der Waals surface area (Å²) in [5, 5.41) is 0. The fraction of sp³-hybridized carbons (Fsp3) is 0.545. The summed E-state index contributed by atoms with van der Waals surface area (Å²) >= 11 is 0. The Morgan fingerprint density at radius 1 is 1.35 bits per heavy atom. The highest BCUT2D eigenvalue weighted by molar-refractivity contribution is 5.84. The number of aromatic amines is 1. The van der Waals surface area contributed by atoms with Crippen molar-refractivity contribution in [2.24, 2.45) is 17.3 Å². The van der Waals surface area contributed by atoms with Gasteiger partial charge in [-0.3, -0.25) is 4.79 Å². The van der Waals surface area contributed by atoms with Gasteiger partial charge in [-0.25, -0.2) is 4.98 Å². The van der Waals surface area contributed by atoms with Gasteiger partial charge in [0.1, 0.15) is 5.82 Å². The smallest absolute Gasteiger partial charge is 0.227 e. The Morgan fingerprint density at radius 2 is 2.12 bits per heavy atom. The maximum absolute atomic E-state index is 13.3. The van der Waals surface area contributed by atoms with Crippen LogP contribution in [0, 0.1) is 24.2 Å². The second kappa shape index (κ2) is 5.97. The Kier molecular flexibility index (Phi) is 3.98. The number of nitrogens with one attached hydrogen (secondary N) is 1. The molecular weight excluding hydrogens is 322 g/mol. The number of nitrogens with zero attached hydrogens (tertiary/aromatic N) is 2. The molecule has 1 saturated heterocycles. The summed E-state index contributed by atoms with van der Waals surface area (Å²) in [6.07, 6.45) is 4.32. The van der Waals surface area contributed by atoms with E-state index in [1.165, 1.54) is 11.1 Å². The van der Waals surface area contributed by atoms with E-state index in [1.807, 2.05) is 0 Å². The van der Waals surface area contributed by atoms with Crippen LogP contribution in [0.15, 0.2) is 29.8 Å². The predicted octanol–water partition coefficient (Wildman–Crippen LogP) is 4.77. The van der Waals surface area contributed by atoms with Gasteiger partial charge >= 0.3 is 0 Å². The second-order valence-electron chi connectivity index (χ2n) is 8.90. The molecule has 1 aliphatic carbocycles. The summed E-state index contributed by atoms with van der Waals surface area (Å²) < 4.78 is 0. The number of allylic oxidation sites excluding steroid dienone is 2. The molecule has 4 nitrogen and oxygen atoms in total. The molecule has 3 atom stereocenters. The largest absolute Gasteiger partial charge is 0.340 e. The molecule has 1 aromatic carbocycles. The molecule has 2 heterocycles. The van der Waals surface area contributed by atoms with E-state index in [0.29, 0.717) is 11.8 Å². The van der Waals surface area contributed by atoms with Crippen LogP contribution in [-0.4, -0.2) is 27.3 Å². The third-order valence-corrected chi connectivity index (χ3v) is 6.20. The number of benzene rings is 1.